The van der Waals surface area contributed by atoms with E-state index in [1.165, 1.54) is 6.08 Å². The van der Waals surface area contributed by atoms with Gasteiger partial charge in [0.15, 0.2) is 5.60 Å². The van der Waals surface area contributed by atoms with E-state index in [0.29, 0.717) is 0 Å². The Morgan fingerprint density at radius 2 is 2.33 bits per heavy atom. The van der Waals surface area contributed by atoms with Gasteiger partial charge in [0.1, 0.15) is 6.61 Å². The number of carbonyl (C=O) groups is 1. The Hall–Kier alpha value is -1.43. The molecule has 0 radical (unpaired) electrons. The molecular formula is C9H12O3. The van der Waals surface area contributed by atoms with Crippen LogP contribution in [0.4, 0.5) is 4.79 Å². The zero-order chi connectivity index (χ0) is 9.61. The first-order valence-corrected chi connectivity index (χ1v) is 3.46. The third-order valence-electron chi connectivity index (χ3n) is 1.01. The van der Waals surface area contributed by atoms with E-state index in [9.17, 15) is 4.79 Å². The zero-order valence-corrected chi connectivity index (χ0v) is 7.29. The van der Waals surface area contributed by atoms with Crippen molar-refractivity contribution in [3.63, 3.8) is 0 Å². The fourth-order valence-corrected chi connectivity index (χ4v) is 0.394. The predicted molar refractivity (Wildman–Crippen MR) is 45.5 cm³/mol. The van der Waals surface area contributed by atoms with Gasteiger partial charge in [0.2, 0.25) is 0 Å². The van der Waals surface area contributed by atoms with Gasteiger partial charge in [-0.3, -0.25) is 0 Å². The smallest absolute Gasteiger partial charge is 0.430 e. The van der Waals surface area contributed by atoms with Crippen LogP contribution in [0.15, 0.2) is 12.7 Å². The molecule has 3 nitrogen and oxygen atoms in total. The molecular weight excluding hydrogens is 156 g/mol. The number of carbonyl (C=O) groups excluding carboxylic acids is 1. The van der Waals surface area contributed by atoms with Crippen molar-refractivity contribution in [1.82, 2.24) is 0 Å². The second-order valence-electron chi connectivity index (χ2n) is 2.61. The Balaban J connectivity index is 3.86. The molecule has 0 unspecified atom stereocenters. The molecule has 0 aliphatic heterocycles. The Bertz CT molecular complexity index is 210. The molecule has 66 valence electrons. The topological polar surface area (TPSA) is 35.5 Å². The minimum Gasteiger partial charge on any atom is -0.430 e. The lowest BCUT2D eigenvalue weighted by molar-refractivity contribution is 0.0155. The van der Waals surface area contributed by atoms with Crippen molar-refractivity contribution in [3.05, 3.63) is 12.7 Å². The molecule has 0 amide bonds. The summed E-state index contributed by atoms with van der Waals surface area (Å²) in [6, 6.07) is 0. The van der Waals surface area contributed by atoms with Crippen molar-refractivity contribution in [2.24, 2.45) is 0 Å². The van der Waals surface area contributed by atoms with Crippen LogP contribution in [-0.4, -0.2) is 18.4 Å². The molecule has 0 N–H and O–H groups in total. The fourth-order valence-electron chi connectivity index (χ4n) is 0.394. The standard InChI is InChI=1S/C9H12O3/c1-5-7-11-8(10)12-9(3,4)6-2/h2,5H,1,7H2,3-4H3. The van der Waals surface area contributed by atoms with E-state index >= 15 is 0 Å². The molecule has 0 fully saturated rings. The molecule has 0 atom stereocenters. The lowest BCUT2D eigenvalue weighted by atomic mass is 10.2. The predicted octanol–water partition coefficient (Wildman–Crippen LogP) is 1.74. The van der Waals surface area contributed by atoms with E-state index in [-0.39, 0.29) is 6.61 Å². The highest BCUT2D eigenvalue weighted by Gasteiger charge is 2.19. The third-order valence-corrected chi connectivity index (χ3v) is 1.01. The van der Waals surface area contributed by atoms with E-state index < -0.39 is 11.8 Å². The summed E-state index contributed by atoms with van der Waals surface area (Å²) in [7, 11) is 0. The van der Waals surface area contributed by atoms with Crippen LogP contribution in [0.5, 0.6) is 0 Å². The van der Waals surface area contributed by atoms with Gasteiger partial charge < -0.3 is 9.47 Å². The van der Waals surface area contributed by atoms with Crippen LogP contribution in [0, 0.1) is 12.3 Å². The largest absolute Gasteiger partial charge is 0.510 e. The molecule has 0 aromatic carbocycles. The maximum absolute atomic E-state index is 10.8. The summed E-state index contributed by atoms with van der Waals surface area (Å²) in [5, 5.41) is 0. The summed E-state index contributed by atoms with van der Waals surface area (Å²) < 4.78 is 9.30. The number of hydrogen-bond donors (Lipinski definition) is 0. The van der Waals surface area contributed by atoms with Crippen molar-refractivity contribution < 1.29 is 14.3 Å². The maximum Gasteiger partial charge on any atom is 0.510 e. The minimum absolute atomic E-state index is 0.124. The van der Waals surface area contributed by atoms with E-state index in [2.05, 4.69) is 17.2 Å². The van der Waals surface area contributed by atoms with Gasteiger partial charge in [0.05, 0.1) is 0 Å². The first-order chi connectivity index (χ1) is 5.52. The Morgan fingerprint density at radius 1 is 1.75 bits per heavy atom. The van der Waals surface area contributed by atoms with Crippen LogP contribution in [0.2, 0.25) is 0 Å². The molecule has 12 heavy (non-hydrogen) atoms. The lowest BCUT2D eigenvalue weighted by Crippen LogP contribution is -2.26. The van der Waals surface area contributed by atoms with Crippen molar-refractivity contribution in [2.75, 3.05) is 6.61 Å². The van der Waals surface area contributed by atoms with E-state index in [1.54, 1.807) is 13.8 Å². The van der Waals surface area contributed by atoms with Crippen molar-refractivity contribution in [3.8, 4) is 12.3 Å². The Morgan fingerprint density at radius 3 is 2.75 bits per heavy atom. The number of terminal acetylenes is 1. The molecule has 0 aromatic rings. The molecule has 0 saturated heterocycles. The Kier molecular flexibility index (Phi) is 3.92. The summed E-state index contributed by atoms with van der Waals surface area (Å²) in [5.74, 6) is 2.30. The quantitative estimate of drug-likeness (QED) is 0.366. The first-order valence-electron chi connectivity index (χ1n) is 3.46. The maximum atomic E-state index is 10.8. The molecule has 0 rings (SSSR count). The van der Waals surface area contributed by atoms with Gasteiger partial charge >= 0.3 is 6.16 Å². The second kappa shape index (κ2) is 4.45. The molecule has 0 saturated carbocycles. The lowest BCUT2D eigenvalue weighted by Gasteiger charge is -2.17. The molecule has 0 spiro atoms. The second-order valence-corrected chi connectivity index (χ2v) is 2.61. The summed E-state index contributed by atoms with van der Waals surface area (Å²) in [4.78, 5) is 10.8. The van der Waals surface area contributed by atoms with Crippen molar-refractivity contribution in [2.45, 2.75) is 19.4 Å². The van der Waals surface area contributed by atoms with E-state index in [0.717, 1.165) is 0 Å². The van der Waals surface area contributed by atoms with Crippen LogP contribution >= 0.6 is 0 Å². The summed E-state index contributed by atoms with van der Waals surface area (Å²) >= 11 is 0. The van der Waals surface area contributed by atoms with E-state index in [4.69, 9.17) is 11.2 Å². The van der Waals surface area contributed by atoms with Crippen LogP contribution < -0.4 is 0 Å². The molecule has 0 aliphatic carbocycles. The van der Waals surface area contributed by atoms with Gasteiger partial charge in [0, 0.05) is 0 Å². The number of rotatable bonds is 3. The summed E-state index contributed by atoms with van der Waals surface area (Å²) in [6.07, 6.45) is 5.75. The monoisotopic (exact) mass is 168 g/mol. The van der Waals surface area contributed by atoms with Crippen molar-refractivity contribution >= 4 is 6.16 Å². The Labute approximate surface area is 72.4 Å². The highest BCUT2D eigenvalue weighted by Crippen LogP contribution is 2.07. The first kappa shape index (κ1) is 10.6. The van der Waals surface area contributed by atoms with Crippen LogP contribution in [-0.2, 0) is 9.47 Å². The SMILES string of the molecule is C#CC(C)(C)OC(=O)OCC=C. The third kappa shape index (κ3) is 4.40. The molecule has 0 aliphatic rings. The van der Waals surface area contributed by atoms with Crippen LogP contribution in [0.25, 0.3) is 0 Å². The summed E-state index contributed by atoms with van der Waals surface area (Å²) in [6.45, 7) is 6.70. The highest BCUT2D eigenvalue weighted by atomic mass is 16.7. The summed E-state index contributed by atoms with van der Waals surface area (Å²) in [5.41, 5.74) is -0.918. The number of ether oxygens (including phenoxy) is 2. The zero-order valence-electron chi connectivity index (χ0n) is 7.29. The van der Waals surface area contributed by atoms with Gasteiger partial charge in [0.25, 0.3) is 0 Å². The van der Waals surface area contributed by atoms with Crippen LogP contribution in [0.3, 0.4) is 0 Å². The van der Waals surface area contributed by atoms with Crippen molar-refractivity contribution in [1.29, 1.82) is 0 Å². The minimum atomic E-state index is -0.918. The van der Waals surface area contributed by atoms with Crippen LogP contribution in [0.1, 0.15) is 13.8 Å². The molecule has 0 aromatic heterocycles. The average Bonchev–Trinajstić information content (AvgIpc) is 2.00. The van der Waals surface area contributed by atoms with E-state index in [1.807, 2.05) is 0 Å². The molecule has 0 heterocycles. The number of hydrogen-bond acceptors (Lipinski definition) is 3. The highest BCUT2D eigenvalue weighted by molar-refractivity contribution is 5.61. The fraction of sp³-hybridized carbons (Fsp3) is 0.444. The normalized spacial score (nSPS) is 9.75. The van der Waals surface area contributed by atoms with Gasteiger partial charge in [-0.2, -0.15) is 0 Å². The average molecular weight is 168 g/mol. The van der Waals surface area contributed by atoms with Gasteiger partial charge in [-0.05, 0) is 13.8 Å². The molecule has 3 heteroatoms. The molecule has 0 bridgehead atoms. The van der Waals surface area contributed by atoms with Gasteiger partial charge in [-0.15, -0.1) is 6.42 Å². The van der Waals surface area contributed by atoms with Gasteiger partial charge in [-0.25, -0.2) is 4.79 Å². The van der Waals surface area contributed by atoms with Gasteiger partial charge in [-0.1, -0.05) is 18.6 Å².